The molecule has 0 amide bonds. The third-order valence-electron chi connectivity index (χ3n) is 3.93. The molecule has 0 spiro atoms. The van der Waals surface area contributed by atoms with Gasteiger partial charge >= 0.3 is 0 Å². The standard InChI is InChI=1S/C16H35N3O/c1-4-6-7-8-9-10-11-12-13-19(5-2)14-15(3)16(17)18-20/h15,20H,4-14H2,1-3H3,(H2,17,18). The average molecular weight is 285 g/mol. The Bertz CT molecular complexity index is 244. The predicted octanol–water partition coefficient (Wildman–Crippen LogP) is 3.83. The van der Waals surface area contributed by atoms with Crippen molar-refractivity contribution in [2.45, 2.75) is 72.1 Å². The summed E-state index contributed by atoms with van der Waals surface area (Å²) in [4.78, 5) is 2.39. The van der Waals surface area contributed by atoms with Crippen LogP contribution < -0.4 is 5.73 Å². The van der Waals surface area contributed by atoms with Crippen LogP contribution in [0.3, 0.4) is 0 Å². The normalized spacial score (nSPS) is 13.9. The van der Waals surface area contributed by atoms with Crippen LogP contribution in [0.2, 0.25) is 0 Å². The van der Waals surface area contributed by atoms with Crippen LogP contribution >= 0.6 is 0 Å². The van der Waals surface area contributed by atoms with E-state index in [0.717, 1.165) is 19.6 Å². The van der Waals surface area contributed by atoms with Gasteiger partial charge in [0, 0.05) is 12.5 Å². The maximum Gasteiger partial charge on any atom is 0.143 e. The molecule has 0 rings (SSSR count). The zero-order valence-corrected chi connectivity index (χ0v) is 13.8. The van der Waals surface area contributed by atoms with Gasteiger partial charge in [0.05, 0.1) is 0 Å². The number of rotatable bonds is 13. The van der Waals surface area contributed by atoms with Crippen molar-refractivity contribution < 1.29 is 5.21 Å². The summed E-state index contributed by atoms with van der Waals surface area (Å²) in [6, 6.07) is 0. The number of oxime groups is 1. The second-order valence-electron chi connectivity index (χ2n) is 5.79. The fourth-order valence-corrected chi connectivity index (χ4v) is 2.43. The van der Waals surface area contributed by atoms with E-state index in [0.29, 0.717) is 5.84 Å². The van der Waals surface area contributed by atoms with E-state index in [1.807, 2.05) is 6.92 Å². The highest BCUT2D eigenvalue weighted by Gasteiger charge is 2.12. The number of unbranched alkanes of at least 4 members (excludes halogenated alkanes) is 7. The van der Waals surface area contributed by atoms with E-state index in [2.05, 4.69) is 23.9 Å². The maximum atomic E-state index is 8.67. The Morgan fingerprint density at radius 2 is 1.60 bits per heavy atom. The first-order valence-corrected chi connectivity index (χ1v) is 8.35. The summed E-state index contributed by atoms with van der Waals surface area (Å²) in [5, 5.41) is 11.8. The van der Waals surface area contributed by atoms with Gasteiger partial charge in [0.25, 0.3) is 0 Å². The van der Waals surface area contributed by atoms with Crippen molar-refractivity contribution >= 4 is 5.84 Å². The molecule has 0 radical (unpaired) electrons. The van der Waals surface area contributed by atoms with Gasteiger partial charge in [-0.15, -0.1) is 0 Å². The molecule has 0 aromatic heterocycles. The Morgan fingerprint density at radius 3 is 2.10 bits per heavy atom. The summed E-state index contributed by atoms with van der Waals surface area (Å²) in [5.41, 5.74) is 5.63. The Labute approximate surface area is 125 Å². The van der Waals surface area contributed by atoms with E-state index in [4.69, 9.17) is 10.9 Å². The van der Waals surface area contributed by atoms with Crippen molar-refractivity contribution in [3.8, 4) is 0 Å². The molecular weight excluding hydrogens is 250 g/mol. The lowest BCUT2D eigenvalue weighted by atomic mass is 10.1. The number of hydrogen-bond acceptors (Lipinski definition) is 3. The van der Waals surface area contributed by atoms with E-state index in [9.17, 15) is 0 Å². The summed E-state index contributed by atoms with van der Waals surface area (Å²) in [6.45, 7) is 9.46. The molecule has 1 unspecified atom stereocenters. The molecule has 1 atom stereocenters. The van der Waals surface area contributed by atoms with E-state index >= 15 is 0 Å². The molecule has 0 bridgehead atoms. The zero-order valence-electron chi connectivity index (χ0n) is 13.8. The lowest BCUT2D eigenvalue weighted by Crippen LogP contribution is -2.35. The van der Waals surface area contributed by atoms with Crippen molar-refractivity contribution in [1.29, 1.82) is 0 Å². The lowest BCUT2D eigenvalue weighted by molar-refractivity contribution is 0.259. The van der Waals surface area contributed by atoms with Gasteiger partial charge in [0.2, 0.25) is 0 Å². The minimum atomic E-state index is 0.119. The van der Waals surface area contributed by atoms with Crippen LogP contribution in [0.5, 0.6) is 0 Å². The molecule has 0 aliphatic rings. The second-order valence-corrected chi connectivity index (χ2v) is 5.79. The molecule has 120 valence electrons. The first-order valence-electron chi connectivity index (χ1n) is 8.35. The Morgan fingerprint density at radius 1 is 1.05 bits per heavy atom. The van der Waals surface area contributed by atoms with Crippen molar-refractivity contribution in [2.24, 2.45) is 16.8 Å². The molecule has 3 N–H and O–H groups in total. The Kier molecular flexibility index (Phi) is 12.7. The van der Waals surface area contributed by atoms with Gasteiger partial charge in [-0.05, 0) is 19.5 Å². The van der Waals surface area contributed by atoms with Gasteiger partial charge in [-0.1, -0.05) is 70.9 Å². The largest absolute Gasteiger partial charge is 0.409 e. The average Bonchev–Trinajstić information content (AvgIpc) is 2.47. The van der Waals surface area contributed by atoms with Crippen LogP contribution in [0.25, 0.3) is 0 Å². The third kappa shape index (κ3) is 10.1. The highest BCUT2D eigenvalue weighted by molar-refractivity contribution is 5.82. The van der Waals surface area contributed by atoms with Gasteiger partial charge in [-0.25, -0.2) is 0 Å². The Hall–Kier alpha value is -0.770. The van der Waals surface area contributed by atoms with E-state index < -0.39 is 0 Å². The molecule has 0 saturated carbocycles. The van der Waals surface area contributed by atoms with Crippen molar-refractivity contribution in [1.82, 2.24) is 4.90 Å². The van der Waals surface area contributed by atoms with Crippen LogP contribution in [-0.2, 0) is 0 Å². The van der Waals surface area contributed by atoms with Crippen LogP contribution in [0, 0.1) is 5.92 Å². The quantitative estimate of drug-likeness (QED) is 0.178. The van der Waals surface area contributed by atoms with Crippen LogP contribution in [0.15, 0.2) is 5.16 Å². The Balaban J connectivity index is 3.60. The van der Waals surface area contributed by atoms with Crippen molar-refractivity contribution in [3.63, 3.8) is 0 Å². The fraction of sp³-hybridized carbons (Fsp3) is 0.938. The monoisotopic (exact) mass is 285 g/mol. The van der Waals surface area contributed by atoms with E-state index in [1.165, 1.54) is 51.4 Å². The molecule has 4 nitrogen and oxygen atoms in total. The van der Waals surface area contributed by atoms with Crippen LogP contribution in [-0.4, -0.2) is 35.6 Å². The predicted molar refractivity (Wildman–Crippen MR) is 87.3 cm³/mol. The molecule has 0 aliphatic heterocycles. The zero-order chi connectivity index (χ0) is 15.2. The molecule has 0 aromatic carbocycles. The van der Waals surface area contributed by atoms with Gasteiger partial charge in [-0.2, -0.15) is 0 Å². The van der Waals surface area contributed by atoms with Crippen LogP contribution in [0.1, 0.15) is 72.1 Å². The summed E-state index contributed by atoms with van der Waals surface area (Å²) in [7, 11) is 0. The number of nitrogens with zero attached hydrogens (tertiary/aromatic N) is 2. The molecule has 0 aliphatic carbocycles. The molecule has 0 heterocycles. The topological polar surface area (TPSA) is 61.8 Å². The molecule has 0 aromatic rings. The van der Waals surface area contributed by atoms with Gasteiger partial charge in [0.1, 0.15) is 5.84 Å². The van der Waals surface area contributed by atoms with Crippen LogP contribution in [0.4, 0.5) is 0 Å². The number of amidine groups is 1. The molecule has 20 heavy (non-hydrogen) atoms. The third-order valence-corrected chi connectivity index (χ3v) is 3.93. The van der Waals surface area contributed by atoms with Crippen molar-refractivity contribution in [3.05, 3.63) is 0 Å². The smallest absolute Gasteiger partial charge is 0.143 e. The van der Waals surface area contributed by atoms with Crippen molar-refractivity contribution in [2.75, 3.05) is 19.6 Å². The van der Waals surface area contributed by atoms with E-state index in [1.54, 1.807) is 0 Å². The number of hydrogen-bond donors (Lipinski definition) is 2. The highest BCUT2D eigenvalue weighted by atomic mass is 16.4. The summed E-state index contributed by atoms with van der Waals surface area (Å²) < 4.78 is 0. The minimum absolute atomic E-state index is 0.119. The van der Waals surface area contributed by atoms with Gasteiger partial charge in [0.15, 0.2) is 0 Å². The highest BCUT2D eigenvalue weighted by Crippen LogP contribution is 2.09. The first kappa shape index (κ1) is 19.2. The maximum absolute atomic E-state index is 8.67. The fourth-order valence-electron chi connectivity index (χ4n) is 2.43. The first-order chi connectivity index (χ1) is 9.65. The minimum Gasteiger partial charge on any atom is -0.409 e. The lowest BCUT2D eigenvalue weighted by Gasteiger charge is -2.23. The van der Waals surface area contributed by atoms with E-state index in [-0.39, 0.29) is 5.92 Å². The SMILES string of the molecule is CCCCCCCCCCN(CC)CC(C)C(N)=NO. The summed E-state index contributed by atoms with van der Waals surface area (Å²) >= 11 is 0. The number of nitrogens with two attached hydrogens (primary N) is 1. The van der Waals surface area contributed by atoms with Gasteiger partial charge < -0.3 is 15.8 Å². The summed E-state index contributed by atoms with van der Waals surface area (Å²) in [6.07, 6.45) is 10.8. The molecule has 4 heteroatoms. The van der Waals surface area contributed by atoms with Gasteiger partial charge in [-0.3, -0.25) is 0 Å². The second kappa shape index (κ2) is 13.2. The molecule has 0 fully saturated rings. The summed E-state index contributed by atoms with van der Waals surface area (Å²) in [5.74, 6) is 0.452. The molecule has 0 saturated heterocycles. The molecular formula is C16H35N3O.